The van der Waals surface area contributed by atoms with Crippen LogP contribution in [0.1, 0.15) is 72.5 Å². The highest BCUT2D eigenvalue weighted by Crippen LogP contribution is 2.37. The van der Waals surface area contributed by atoms with Gasteiger partial charge in [-0.05, 0) is 215 Å². The number of halogens is 16. The van der Waals surface area contributed by atoms with Gasteiger partial charge in [-0.3, -0.25) is 24.0 Å². The molecule has 5 heterocycles. The predicted octanol–water partition coefficient (Wildman–Crippen LogP) is 18.7. The van der Waals surface area contributed by atoms with E-state index in [1.54, 1.807) is 50.9 Å². The predicted molar refractivity (Wildman–Crippen MR) is 491 cm³/mol. The molecule has 0 unspecified atom stereocenters. The monoisotopic (exact) mass is 1970 g/mol. The quantitative estimate of drug-likeness (QED) is 0.0248. The first kappa shape index (κ1) is 105. The van der Waals surface area contributed by atoms with Crippen molar-refractivity contribution in [1.82, 2.24) is 58.2 Å². The lowest BCUT2D eigenvalue weighted by atomic mass is 10.1. The molecule has 5 N–H and O–H groups in total. The summed E-state index contributed by atoms with van der Waals surface area (Å²) in [7, 11) is 8.84. The SMILES string of the molecule is COc1cc(C)c(Nc2nc(=O)c(C)nn2Cc2cc(C)cc(F)c2)cc1OC.COc1cc(C)c(Nc2nc(=O)cnn2Cc2cc(F)c(C)c(F)c2)cc1OC.COc1ccc(F)c(Nc2nc(=O)c(F)cn2Cc2cc(F)c(F)c(F)c2)c1.COc1ccc(Nc2nc(=O)c(F)cn2Cc2cc(F)cc(F)c2)c(C)c1F.Cc1ccc(F)cc1Nc1nc(=O)c(F)cn1Cc1cc(F)c(C)c(F)c1. The maximum atomic E-state index is 14.2. The minimum atomic E-state index is -1.65. The molecule has 0 saturated heterocycles. The molecule has 0 saturated carbocycles. The van der Waals surface area contributed by atoms with Crippen molar-refractivity contribution in [2.24, 2.45) is 0 Å². The second-order valence-corrected chi connectivity index (χ2v) is 31.0. The zero-order valence-corrected chi connectivity index (χ0v) is 77.1. The van der Waals surface area contributed by atoms with Crippen LogP contribution in [0.2, 0.25) is 0 Å². The Labute approximate surface area is 791 Å². The molecule has 15 aromatic rings. The van der Waals surface area contributed by atoms with Crippen LogP contribution >= 0.6 is 0 Å². The molecule has 0 aliphatic heterocycles. The standard InChI is InChI=1S/C21H23FN4O3.C20H20F2N4O3.C19H15F4N3O2.C19H15F4N3O.C18H12F5N3O2/c1-12-6-15(9-16(22)7-12)11-26-21(24-20(27)14(3)25-26)23-17-10-19(29-5)18(28-4)8-13(17)2;1-11-5-17(28-3)18(29-4)8-16(11)24-20-25-19(27)9-23-26(20)10-13-6-14(21)12(2)15(22)7-13;1-10-15(3-4-16(28-2)17(10)23)24-19-25-18(27)14(22)9-26(19)8-11-5-12(20)7-13(21)6-11;1-10-3-4-13(20)7-17(10)24-19-25-18(27)16(23)9-26(19)8-12-5-14(21)11(2)15(22)6-12;1-28-10-2-3-11(19)15(6-10)24-18-25-17(27)14(22)8-26(18)7-9-4-12(20)16(23)13(21)5-9/h6-10H,11H2,1-5H3,(H,23,24,27);5-9H,10H2,1-4H3,(H,24,25,27);3-7,9H,8H2,1-2H3,(H,24,25,27);3-7,9H,8H2,1-2H3,(H,24,25,27);2-6,8H,7H2,1H3,(H,24,25,27). The molecular formula is C97H85F16N17O11. The maximum absolute atomic E-state index is 14.2. The van der Waals surface area contributed by atoms with E-state index >= 15 is 0 Å². The molecule has 141 heavy (non-hydrogen) atoms. The number of aromatic nitrogens is 12. The summed E-state index contributed by atoms with van der Waals surface area (Å²) in [5.74, 6) is -12.2. The van der Waals surface area contributed by atoms with Crippen molar-refractivity contribution in [3.63, 3.8) is 0 Å². The molecule has 0 spiro atoms. The van der Waals surface area contributed by atoms with Crippen LogP contribution in [0.5, 0.6) is 34.5 Å². The summed E-state index contributed by atoms with van der Waals surface area (Å²) in [4.78, 5) is 77.4. The van der Waals surface area contributed by atoms with Crippen molar-refractivity contribution in [3.8, 4) is 34.5 Å². The van der Waals surface area contributed by atoms with Crippen LogP contribution in [0.15, 0.2) is 194 Å². The van der Waals surface area contributed by atoms with Crippen LogP contribution < -0.4 is 82.8 Å². The number of benzene rings is 10. The van der Waals surface area contributed by atoms with Gasteiger partial charge in [0.25, 0.3) is 11.1 Å². The van der Waals surface area contributed by atoms with Gasteiger partial charge in [0.05, 0.1) is 81.1 Å². The minimum absolute atomic E-state index is 0.00999. The molecule has 15 rings (SSSR count). The molecule has 0 atom stereocenters. The van der Waals surface area contributed by atoms with Gasteiger partial charge in [0, 0.05) is 82.3 Å². The molecule has 0 aliphatic rings. The van der Waals surface area contributed by atoms with Crippen molar-refractivity contribution in [2.75, 3.05) is 69.2 Å². The topological polar surface area (TPSA) is 316 Å². The second-order valence-electron chi connectivity index (χ2n) is 31.0. The summed E-state index contributed by atoms with van der Waals surface area (Å²) in [6.07, 6.45) is 3.50. The summed E-state index contributed by atoms with van der Waals surface area (Å²) in [6.45, 7) is 12.5. The van der Waals surface area contributed by atoms with E-state index < -0.39 is 115 Å². The van der Waals surface area contributed by atoms with E-state index in [4.69, 9.17) is 28.4 Å². The first-order valence-electron chi connectivity index (χ1n) is 41.6. The third-order valence-electron chi connectivity index (χ3n) is 20.8. The van der Waals surface area contributed by atoms with Crippen molar-refractivity contribution < 1.29 is 98.7 Å². The lowest BCUT2D eigenvalue weighted by Gasteiger charge is -2.17. The highest BCUT2D eigenvalue weighted by Gasteiger charge is 2.23. The third kappa shape index (κ3) is 26.9. The molecular weight excluding hydrogens is 1880 g/mol. The van der Waals surface area contributed by atoms with Crippen LogP contribution in [0.4, 0.5) is 128 Å². The molecule has 10 aromatic carbocycles. The van der Waals surface area contributed by atoms with Crippen molar-refractivity contribution in [3.05, 3.63) is 388 Å². The number of hydrogen-bond acceptors (Lipinski definition) is 23. The Hall–Kier alpha value is -16.9. The summed E-state index contributed by atoms with van der Waals surface area (Å²) < 4.78 is 256. The summed E-state index contributed by atoms with van der Waals surface area (Å²) >= 11 is 0. The van der Waals surface area contributed by atoms with Crippen molar-refractivity contribution in [1.29, 1.82) is 0 Å². The highest BCUT2D eigenvalue weighted by molar-refractivity contribution is 5.67. The van der Waals surface area contributed by atoms with Gasteiger partial charge in [0.1, 0.15) is 70.0 Å². The van der Waals surface area contributed by atoms with Crippen LogP contribution in [0, 0.1) is 148 Å². The van der Waals surface area contributed by atoms with Gasteiger partial charge >= 0.3 is 16.7 Å². The average molecular weight is 1970 g/mol. The first-order chi connectivity index (χ1) is 66.9. The van der Waals surface area contributed by atoms with E-state index in [2.05, 4.69) is 61.7 Å². The van der Waals surface area contributed by atoms with Crippen LogP contribution in [-0.4, -0.2) is 101 Å². The Bertz CT molecular complexity index is 7430. The number of hydrogen-bond donors (Lipinski definition) is 5. The van der Waals surface area contributed by atoms with E-state index in [0.717, 1.165) is 80.9 Å². The Kier molecular flexibility index (Phi) is 34.4. The third-order valence-corrected chi connectivity index (χ3v) is 20.8. The fourth-order valence-electron chi connectivity index (χ4n) is 13.4. The first-order valence-corrected chi connectivity index (χ1v) is 41.6. The average Bonchev–Trinajstić information content (AvgIpc) is 0.829. The Balaban J connectivity index is 0.000000168. The number of aryl methyl sites for hydroxylation is 5. The Morgan fingerprint density at radius 3 is 1.13 bits per heavy atom. The molecule has 736 valence electrons. The number of anilines is 10. The number of rotatable bonds is 26. The van der Waals surface area contributed by atoms with Gasteiger partial charge in [-0.25, -0.2) is 66.4 Å². The van der Waals surface area contributed by atoms with Gasteiger partial charge in [0.15, 0.2) is 52.0 Å². The summed E-state index contributed by atoms with van der Waals surface area (Å²) in [5.41, 5.74) is 2.06. The second kappa shape index (κ2) is 46.3. The number of nitrogens with zero attached hydrogens (tertiary/aromatic N) is 12. The van der Waals surface area contributed by atoms with Gasteiger partial charge in [-0.1, -0.05) is 12.1 Å². The lowest BCUT2D eigenvalue weighted by molar-refractivity contribution is 0.355. The number of methoxy groups -OCH3 is 6. The van der Waals surface area contributed by atoms with Crippen molar-refractivity contribution in [2.45, 2.75) is 88.1 Å². The minimum Gasteiger partial charge on any atom is -0.497 e. The largest absolute Gasteiger partial charge is 0.497 e. The molecule has 0 bridgehead atoms. The lowest BCUT2D eigenvalue weighted by Crippen LogP contribution is -2.23. The molecule has 5 aromatic heterocycles. The van der Waals surface area contributed by atoms with E-state index in [0.29, 0.717) is 80.7 Å². The molecule has 0 amide bonds. The highest BCUT2D eigenvalue weighted by atomic mass is 19.2. The fourth-order valence-corrected chi connectivity index (χ4v) is 13.4. The van der Waals surface area contributed by atoms with Gasteiger partial charge < -0.3 is 68.7 Å². The molecule has 0 radical (unpaired) electrons. The van der Waals surface area contributed by atoms with E-state index in [9.17, 15) is 94.2 Å². The smallest absolute Gasteiger partial charge is 0.310 e. The van der Waals surface area contributed by atoms with E-state index in [1.807, 2.05) is 32.9 Å². The van der Waals surface area contributed by atoms with Gasteiger partial charge in [-0.2, -0.15) is 48.3 Å². The number of ether oxygens (including phenoxy) is 6. The van der Waals surface area contributed by atoms with Crippen LogP contribution in [0.3, 0.4) is 0 Å². The zero-order chi connectivity index (χ0) is 103. The Morgan fingerprint density at radius 2 is 0.674 bits per heavy atom. The van der Waals surface area contributed by atoms with E-state index in [-0.39, 0.29) is 124 Å². The molecule has 28 nitrogen and oxygen atoms in total. The summed E-state index contributed by atoms with van der Waals surface area (Å²) in [6, 6.07) is 31.3. The van der Waals surface area contributed by atoms with E-state index in [1.165, 1.54) is 125 Å². The number of nitrogens with one attached hydrogen (secondary N) is 5. The molecule has 0 fully saturated rings. The van der Waals surface area contributed by atoms with Crippen LogP contribution in [-0.2, 0) is 32.7 Å². The molecule has 0 aliphatic carbocycles. The zero-order valence-electron chi connectivity index (χ0n) is 77.1. The maximum Gasteiger partial charge on any atom is 0.310 e. The van der Waals surface area contributed by atoms with Gasteiger partial charge in [-0.15, -0.1) is 0 Å². The normalized spacial score (nSPS) is 10.8. The van der Waals surface area contributed by atoms with Crippen molar-refractivity contribution >= 4 is 58.2 Å². The van der Waals surface area contributed by atoms with Gasteiger partial charge in [0.2, 0.25) is 47.2 Å². The summed E-state index contributed by atoms with van der Waals surface area (Å²) in [5, 5.41) is 22.6. The molecule has 44 heteroatoms. The van der Waals surface area contributed by atoms with Crippen LogP contribution in [0.25, 0.3) is 0 Å². The fraction of sp³-hybridized carbons (Fsp3) is 0.196. The Morgan fingerprint density at radius 1 is 0.284 bits per heavy atom.